The van der Waals surface area contributed by atoms with Crippen LogP contribution in [-0.2, 0) is 11.2 Å². The number of primary amides is 1. The zero-order chi connectivity index (χ0) is 16.8. The molecule has 0 aliphatic rings. The zero-order valence-electron chi connectivity index (χ0n) is 13.3. The molecule has 6 heteroatoms. The average Bonchev–Trinajstić information content (AvgIpc) is 3.02. The van der Waals surface area contributed by atoms with E-state index in [4.69, 9.17) is 5.73 Å². The maximum atomic E-state index is 12.1. The van der Waals surface area contributed by atoms with Gasteiger partial charge in [-0.25, -0.2) is 0 Å². The second-order valence-corrected chi connectivity index (χ2v) is 6.41. The molecule has 0 bridgehead atoms. The lowest BCUT2D eigenvalue weighted by atomic mass is 10.1. The van der Waals surface area contributed by atoms with Gasteiger partial charge in [-0.3, -0.25) is 9.59 Å². The number of anilines is 1. The summed E-state index contributed by atoms with van der Waals surface area (Å²) in [7, 11) is 0. The van der Waals surface area contributed by atoms with Gasteiger partial charge in [0.05, 0.1) is 0 Å². The van der Waals surface area contributed by atoms with Crippen LogP contribution in [0.1, 0.15) is 27.7 Å². The van der Waals surface area contributed by atoms with Crippen molar-refractivity contribution in [3.05, 3.63) is 51.7 Å². The van der Waals surface area contributed by atoms with Crippen LogP contribution in [0.4, 0.5) is 5.69 Å². The van der Waals surface area contributed by atoms with Crippen molar-refractivity contribution in [2.45, 2.75) is 26.3 Å². The van der Waals surface area contributed by atoms with Gasteiger partial charge in [0, 0.05) is 22.7 Å². The lowest BCUT2D eigenvalue weighted by molar-refractivity contribution is -0.121. The molecule has 1 heterocycles. The third kappa shape index (κ3) is 4.82. The van der Waals surface area contributed by atoms with E-state index in [0.29, 0.717) is 17.8 Å². The minimum absolute atomic E-state index is 0.0808. The summed E-state index contributed by atoms with van der Waals surface area (Å²) in [5, 5.41) is 8.02. The van der Waals surface area contributed by atoms with Crippen molar-refractivity contribution in [1.29, 1.82) is 0 Å². The highest BCUT2D eigenvalue weighted by molar-refractivity contribution is 7.09. The topological polar surface area (TPSA) is 84.2 Å². The second-order valence-electron chi connectivity index (χ2n) is 5.38. The number of carbonyl (C=O) groups excluding carboxylic acids is 2. The van der Waals surface area contributed by atoms with Crippen molar-refractivity contribution in [3.8, 4) is 0 Å². The molecule has 1 aromatic carbocycles. The standard InChI is InChI=1S/C17H21N3O2S/c1-11-5-6-13(10-15(11)16(18)21)20-12(2)17(22)19-8-7-14-4-3-9-23-14/h3-6,9-10,12,20H,7-8H2,1-2H3,(H2,18,21)(H,19,22)/t12-/m1/s1. The van der Waals surface area contributed by atoms with Crippen LogP contribution in [0, 0.1) is 6.92 Å². The number of benzene rings is 1. The summed E-state index contributed by atoms with van der Waals surface area (Å²) in [6.07, 6.45) is 0.826. The summed E-state index contributed by atoms with van der Waals surface area (Å²) in [6, 6.07) is 8.96. The van der Waals surface area contributed by atoms with Gasteiger partial charge in [-0.15, -0.1) is 11.3 Å². The Bertz CT molecular complexity index is 683. The van der Waals surface area contributed by atoms with Crippen molar-refractivity contribution in [3.63, 3.8) is 0 Å². The van der Waals surface area contributed by atoms with Crippen LogP contribution in [0.2, 0.25) is 0 Å². The molecular weight excluding hydrogens is 310 g/mol. The summed E-state index contributed by atoms with van der Waals surface area (Å²) >= 11 is 1.68. The summed E-state index contributed by atoms with van der Waals surface area (Å²) in [5.74, 6) is -0.554. The van der Waals surface area contributed by atoms with E-state index < -0.39 is 11.9 Å². The highest BCUT2D eigenvalue weighted by Crippen LogP contribution is 2.16. The quantitative estimate of drug-likeness (QED) is 0.728. The van der Waals surface area contributed by atoms with E-state index in [0.717, 1.165) is 12.0 Å². The molecule has 0 aliphatic carbocycles. The molecule has 0 saturated carbocycles. The first kappa shape index (κ1) is 17.0. The molecule has 122 valence electrons. The number of nitrogens with one attached hydrogen (secondary N) is 2. The monoisotopic (exact) mass is 331 g/mol. The van der Waals surface area contributed by atoms with E-state index in [1.807, 2.05) is 30.5 Å². The molecule has 4 N–H and O–H groups in total. The van der Waals surface area contributed by atoms with Crippen LogP contribution < -0.4 is 16.4 Å². The fourth-order valence-electron chi connectivity index (χ4n) is 2.21. The number of hydrogen-bond donors (Lipinski definition) is 3. The van der Waals surface area contributed by atoms with Gasteiger partial charge in [0.1, 0.15) is 6.04 Å². The number of aryl methyl sites for hydroxylation is 1. The Morgan fingerprint density at radius 1 is 1.30 bits per heavy atom. The third-order valence-electron chi connectivity index (χ3n) is 3.53. The highest BCUT2D eigenvalue weighted by atomic mass is 32.1. The predicted octanol–water partition coefficient (Wildman–Crippen LogP) is 2.31. The first-order valence-corrected chi connectivity index (χ1v) is 8.32. The minimum atomic E-state index is -0.473. The predicted molar refractivity (Wildman–Crippen MR) is 93.8 cm³/mol. The minimum Gasteiger partial charge on any atom is -0.374 e. The SMILES string of the molecule is Cc1ccc(N[C@H](C)C(=O)NCCc2cccs2)cc1C(N)=O. The van der Waals surface area contributed by atoms with Gasteiger partial charge in [0.25, 0.3) is 0 Å². The fourth-order valence-corrected chi connectivity index (χ4v) is 2.92. The maximum Gasteiger partial charge on any atom is 0.249 e. The van der Waals surface area contributed by atoms with E-state index in [2.05, 4.69) is 16.7 Å². The Hall–Kier alpha value is -2.34. The number of nitrogens with two attached hydrogens (primary N) is 1. The van der Waals surface area contributed by atoms with Gasteiger partial charge in [-0.2, -0.15) is 0 Å². The molecule has 0 unspecified atom stereocenters. The lowest BCUT2D eigenvalue weighted by Gasteiger charge is -2.16. The number of hydrogen-bond acceptors (Lipinski definition) is 4. The van der Waals surface area contributed by atoms with Crippen LogP contribution in [0.25, 0.3) is 0 Å². The Morgan fingerprint density at radius 2 is 2.09 bits per heavy atom. The van der Waals surface area contributed by atoms with Crippen LogP contribution in [0.5, 0.6) is 0 Å². The van der Waals surface area contributed by atoms with Crippen LogP contribution in [0.3, 0.4) is 0 Å². The molecule has 1 aromatic heterocycles. The molecular formula is C17H21N3O2S. The fraction of sp³-hybridized carbons (Fsp3) is 0.294. The Morgan fingerprint density at radius 3 is 2.74 bits per heavy atom. The molecule has 0 spiro atoms. The molecule has 1 atom stereocenters. The Kier molecular flexibility index (Phi) is 5.76. The first-order chi connectivity index (χ1) is 11.0. The largest absolute Gasteiger partial charge is 0.374 e. The van der Waals surface area contributed by atoms with E-state index in [-0.39, 0.29) is 5.91 Å². The second kappa shape index (κ2) is 7.78. The molecule has 2 rings (SSSR count). The summed E-state index contributed by atoms with van der Waals surface area (Å²) in [6.45, 7) is 4.21. The Labute approximate surface area is 139 Å². The highest BCUT2D eigenvalue weighted by Gasteiger charge is 2.13. The van der Waals surface area contributed by atoms with E-state index in [9.17, 15) is 9.59 Å². The lowest BCUT2D eigenvalue weighted by Crippen LogP contribution is -2.38. The zero-order valence-corrected chi connectivity index (χ0v) is 14.1. The molecule has 2 amide bonds. The number of carbonyl (C=O) groups is 2. The van der Waals surface area contributed by atoms with Crippen LogP contribution in [0.15, 0.2) is 35.7 Å². The van der Waals surface area contributed by atoms with Crippen molar-refractivity contribution in [2.75, 3.05) is 11.9 Å². The molecule has 2 aromatic rings. The summed E-state index contributed by atoms with van der Waals surface area (Å²) < 4.78 is 0. The van der Waals surface area contributed by atoms with Crippen LogP contribution in [-0.4, -0.2) is 24.4 Å². The van der Waals surface area contributed by atoms with Crippen molar-refractivity contribution >= 4 is 28.8 Å². The molecule has 0 saturated heterocycles. The van der Waals surface area contributed by atoms with Crippen molar-refractivity contribution in [1.82, 2.24) is 5.32 Å². The smallest absolute Gasteiger partial charge is 0.249 e. The van der Waals surface area contributed by atoms with Crippen LogP contribution >= 0.6 is 11.3 Å². The van der Waals surface area contributed by atoms with E-state index in [1.54, 1.807) is 24.3 Å². The van der Waals surface area contributed by atoms with Gasteiger partial charge in [0.15, 0.2) is 0 Å². The number of rotatable bonds is 7. The average molecular weight is 331 g/mol. The van der Waals surface area contributed by atoms with Gasteiger partial charge < -0.3 is 16.4 Å². The maximum absolute atomic E-state index is 12.1. The molecule has 23 heavy (non-hydrogen) atoms. The Balaban J connectivity index is 1.88. The van der Waals surface area contributed by atoms with E-state index in [1.165, 1.54) is 4.88 Å². The summed E-state index contributed by atoms with van der Waals surface area (Å²) in [4.78, 5) is 24.7. The number of thiophene rings is 1. The molecule has 5 nitrogen and oxygen atoms in total. The molecule has 0 radical (unpaired) electrons. The molecule has 0 fully saturated rings. The van der Waals surface area contributed by atoms with Crippen molar-refractivity contribution in [2.24, 2.45) is 5.73 Å². The number of amides is 2. The van der Waals surface area contributed by atoms with Gasteiger partial charge in [-0.1, -0.05) is 12.1 Å². The summed E-state index contributed by atoms with van der Waals surface area (Å²) in [5.41, 5.74) is 7.31. The van der Waals surface area contributed by atoms with Gasteiger partial charge >= 0.3 is 0 Å². The third-order valence-corrected chi connectivity index (χ3v) is 4.47. The first-order valence-electron chi connectivity index (χ1n) is 7.44. The van der Waals surface area contributed by atoms with Crippen molar-refractivity contribution < 1.29 is 9.59 Å². The van der Waals surface area contributed by atoms with Gasteiger partial charge in [0.2, 0.25) is 11.8 Å². The molecule has 0 aliphatic heterocycles. The van der Waals surface area contributed by atoms with E-state index >= 15 is 0 Å². The normalized spacial score (nSPS) is 11.7. The van der Waals surface area contributed by atoms with Gasteiger partial charge in [-0.05, 0) is 49.4 Å².